The van der Waals surface area contributed by atoms with E-state index in [0.717, 1.165) is 18.0 Å². The minimum absolute atomic E-state index is 0.481. The number of hydrogen-bond donors (Lipinski definition) is 1. The second kappa shape index (κ2) is 5.11. The van der Waals surface area contributed by atoms with Crippen LogP contribution in [-0.2, 0) is 0 Å². The molecule has 0 spiro atoms. The highest BCUT2D eigenvalue weighted by atomic mass is 32.2. The van der Waals surface area contributed by atoms with Crippen LogP contribution in [0.15, 0.2) is 29.2 Å². The fourth-order valence-corrected chi connectivity index (χ4v) is 3.07. The van der Waals surface area contributed by atoms with Crippen LogP contribution in [0, 0.1) is 5.41 Å². The molecule has 2 nitrogen and oxygen atoms in total. The summed E-state index contributed by atoms with van der Waals surface area (Å²) in [5.41, 5.74) is 6.25. The van der Waals surface area contributed by atoms with Crippen LogP contribution >= 0.6 is 11.8 Å². The summed E-state index contributed by atoms with van der Waals surface area (Å²) in [6.07, 6.45) is 3.86. The van der Waals surface area contributed by atoms with Crippen molar-refractivity contribution in [3.05, 3.63) is 24.3 Å². The number of para-hydroxylation sites is 1. The van der Waals surface area contributed by atoms with Crippen LogP contribution in [0.3, 0.4) is 0 Å². The van der Waals surface area contributed by atoms with Gasteiger partial charge in [0.2, 0.25) is 0 Å². The molecule has 3 heteroatoms. The van der Waals surface area contributed by atoms with E-state index in [2.05, 4.69) is 12.1 Å². The van der Waals surface area contributed by atoms with Gasteiger partial charge in [-0.1, -0.05) is 12.1 Å². The molecule has 1 saturated carbocycles. The Bertz CT molecular complexity index is 350. The number of nitrogens with two attached hydrogens (primary N) is 1. The van der Waals surface area contributed by atoms with Crippen LogP contribution in [0.1, 0.15) is 19.3 Å². The Labute approximate surface area is 102 Å². The first-order valence-electron chi connectivity index (χ1n) is 5.75. The minimum Gasteiger partial charge on any atom is -0.496 e. The molecule has 0 saturated heterocycles. The van der Waals surface area contributed by atoms with E-state index in [0.29, 0.717) is 5.41 Å². The molecular formula is C13H19NOS. The zero-order valence-electron chi connectivity index (χ0n) is 9.74. The highest BCUT2D eigenvalue weighted by Gasteiger charge is 2.40. The van der Waals surface area contributed by atoms with Crippen molar-refractivity contribution in [2.45, 2.75) is 24.2 Å². The highest BCUT2D eigenvalue weighted by molar-refractivity contribution is 7.99. The van der Waals surface area contributed by atoms with Crippen molar-refractivity contribution in [3.8, 4) is 5.75 Å². The molecule has 1 fully saturated rings. The second-order valence-corrected chi connectivity index (χ2v) is 5.59. The molecule has 0 unspecified atom stereocenters. The van der Waals surface area contributed by atoms with Crippen molar-refractivity contribution in [1.82, 2.24) is 0 Å². The summed E-state index contributed by atoms with van der Waals surface area (Å²) < 4.78 is 5.32. The fourth-order valence-electron chi connectivity index (χ4n) is 1.85. The molecule has 0 radical (unpaired) electrons. The van der Waals surface area contributed by atoms with E-state index in [1.807, 2.05) is 23.9 Å². The van der Waals surface area contributed by atoms with Gasteiger partial charge in [0.25, 0.3) is 0 Å². The van der Waals surface area contributed by atoms with Gasteiger partial charge in [0.1, 0.15) is 5.75 Å². The van der Waals surface area contributed by atoms with Gasteiger partial charge in [-0.25, -0.2) is 0 Å². The number of ether oxygens (including phenoxy) is 1. The lowest BCUT2D eigenvalue weighted by molar-refractivity contribution is 0.404. The third-order valence-electron chi connectivity index (χ3n) is 3.35. The van der Waals surface area contributed by atoms with Gasteiger partial charge in [0.05, 0.1) is 7.11 Å². The van der Waals surface area contributed by atoms with E-state index in [-0.39, 0.29) is 0 Å². The van der Waals surface area contributed by atoms with Gasteiger partial charge in [-0.2, -0.15) is 0 Å². The Morgan fingerprint density at radius 1 is 1.38 bits per heavy atom. The van der Waals surface area contributed by atoms with Crippen molar-refractivity contribution >= 4 is 11.8 Å². The largest absolute Gasteiger partial charge is 0.496 e. The molecule has 1 aliphatic carbocycles. The third kappa shape index (κ3) is 2.71. The molecule has 0 heterocycles. The highest BCUT2D eigenvalue weighted by Crippen LogP contribution is 2.48. The van der Waals surface area contributed by atoms with Gasteiger partial charge in [-0.3, -0.25) is 0 Å². The fraction of sp³-hybridized carbons (Fsp3) is 0.538. The summed E-state index contributed by atoms with van der Waals surface area (Å²) in [4.78, 5) is 1.23. The van der Waals surface area contributed by atoms with E-state index in [9.17, 15) is 0 Å². The molecule has 88 valence electrons. The van der Waals surface area contributed by atoms with Gasteiger partial charge < -0.3 is 10.5 Å². The Morgan fingerprint density at radius 3 is 2.75 bits per heavy atom. The maximum absolute atomic E-state index is 5.77. The second-order valence-electron chi connectivity index (χ2n) is 4.45. The summed E-state index contributed by atoms with van der Waals surface area (Å²) in [6, 6.07) is 8.19. The number of rotatable bonds is 6. The Balaban J connectivity index is 1.85. The number of thioether (sulfide) groups is 1. The SMILES string of the molecule is COc1ccccc1SCCC1(CN)CC1. The maximum atomic E-state index is 5.77. The van der Waals surface area contributed by atoms with Gasteiger partial charge in [0.15, 0.2) is 0 Å². The van der Waals surface area contributed by atoms with Crippen LogP contribution in [0.2, 0.25) is 0 Å². The molecule has 0 amide bonds. The molecule has 0 aliphatic heterocycles. The van der Waals surface area contributed by atoms with Crippen molar-refractivity contribution in [2.24, 2.45) is 11.1 Å². The van der Waals surface area contributed by atoms with Crippen LogP contribution in [0.5, 0.6) is 5.75 Å². The topological polar surface area (TPSA) is 35.2 Å². The Kier molecular flexibility index (Phi) is 3.77. The van der Waals surface area contributed by atoms with Gasteiger partial charge >= 0.3 is 0 Å². The van der Waals surface area contributed by atoms with E-state index in [1.54, 1.807) is 7.11 Å². The first kappa shape index (κ1) is 11.8. The predicted molar refractivity (Wildman–Crippen MR) is 69.1 cm³/mol. The van der Waals surface area contributed by atoms with Crippen molar-refractivity contribution in [1.29, 1.82) is 0 Å². The van der Waals surface area contributed by atoms with Gasteiger partial charge in [-0.05, 0) is 49.1 Å². The summed E-state index contributed by atoms with van der Waals surface area (Å²) in [5.74, 6) is 2.11. The van der Waals surface area contributed by atoms with Crippen LogP contribution < -0.4 is 10.5 Å². The summed E-state index contributed by atoms with van der Waals surface area (Å²) in [5, 5.41) is 0. The predicted octanol–water partition coefficient (Wildman–Crippen LogP) is 2.92. The first-order valence-corrected chi connectivity index (χ1v) is 6.74. The van der Waals surface area contributed by atoms with Gasteiger partial charge in [0, 0.05) is 4.90 Å². The number of hydrogen-bond acceptors (Lipinski definition) is 3. The van der Waals surface area contributed by atoms with Crippen molar-refractivity contribution in [3.63, 3.8) is 0 Å². The van der Waals surface area contributed by atoms with Crippen LogP contribution in [-0.4, -0.2) is 19.4 Å². The lowest BCUT2D eigenvalue weighted by Crippen LogP contribution is -2.15. The first-order chi connectivity index (χ1) is 7.79. The van der Waals surface area contributed by atoms with Crippen molar-refractivity contribution in [2.75, 3.05) is 19.4 Å². The van der Waals surface area contributed by atoms with Crippen LogP contribution in [0.4, 0.5) is 0 Å². The van der Waals surface area contributed by atoms with E-state index in [1.165, 1.54) is 24.2 Å². The van der Waals surface area contributed by atoms with Crippen LogP contribution in [0.25, 0.3) is 0 Å². The zero-order chi connectivity index (χ0) is 11.4. The summed E-state index contributed by atoms with van der Waals surface area (Å²) in [7, 11) is 1.72. The normalized spacial score (nSPS) is 17.1. The monoisotopic (exact) mass is 237 g/mol. The molecule has 2 rings (SSSR count). The molecule has 2 N–H and O–H groups in total. The lowest BCUT2D eigenvalue weighted by atomic mass is 10.1. The quantitative estimate of drug-likeness (QED) is 0.773. The summed E-state index contributed by atoms with van der Waals surface area (Å²) in [6.45, 7) is 0.847. The zero-order valence-corrected chi connectivity index (χ0v) is 10.6. The summed E-state index contributed by atoms with van der Waals surface area (Å²) >= 11 is 1.87. The Hall–Kier alpha value is -0.670. The maximum Gasteiger partial charge on any atom is 0.132 e. The minimum atomic E-state index is 0.481. The standard InChI is InChI=1S/C13H19NOS/c1-15-11-4-2-3-5-12(11)16-9-8-13(10-14)6-7-13/h2-5H,6-10,14H2,1H3. The smallest absolute Gasteiger partial charge is 0.132 e. The number of methoxy groups -OCH3 is 1. The molecule has 0 atom stereocenters. The molecule has 0 bridgehead atoms. The molecule has 16 heavy (non-hydrogen) atoms. The van der Waals surface area contributed by atoms with E-state index in [4.69, 9.17) is 10.5 Å². The average molecular weight is 237 g/mol. The number of benzene rings is 1. The Morgan fingerprint density at radius 2 is 2.12 bits per heavy atom. The molecule has 1 aromatic rings. The molecule has 1 aromatic carbocycles. The molecular weight excluding hydrogens is 218 g/mol. The average Bonchev–Trinajstić information content (AvgIpc) is 3.10. The van der Waals surface area contributed by atoms with E-state index >= 15 is 0 Å². The third-order valence-corrected chi connectivity index (χ3v) is 4.41. The molecule has 0 aromatic heterocycles. The molecule has 1 aliphatic rings. The van der Waals surface area contributed by atoms with Crippen molar-refractivity contribution < 1.29 is 4.74 Å². The van der Waals surface area contributed by atoms with Gasteiger partial charge in [-0.15, -0.1) is 11.8 Å². The van der Waals surface area contributed by atoms with E-state index < -0.39 is 0 Å². The lowest BCUT2D eigenvalue weighted by Gasteiger charge is -2.12.